The SMILES string of the molecule is CCN(CCc1ccncc1)c1ncnc2sc3c(c12)CCC3. The Morgan fingerprint density at radius 3 is 2.87 bits per heavy atom. The smallest absolute Gasteiger partial charge is 0.141 e. The van der Waals surface area contributed by atoms with Gasteiger partial charge in [-0.05, 0) is 55.9 Å². The molecule has 0 unspecified atom stereocenters. The fraction of sp³-hybridized carbons (Fsp3) is 0.389. The predicted octanol–water partition coefficient (Wildman–Crippen LogP) is 3.64. The molecule has 4 rings (SSSR count). The summed E-state index contributed by atoms with van der Waals surface area (Å²) < 4.78 is 0. The molecule has 0 N–H and O–H groups in total. The van der Waals surface area contributed by atoms with E-state index in [1.165, 1.54) is 40.7 Å². The fourth-order valence-corrected chi connectivity index (χ4v) is 4.60. The minimum atomic E-state index is 0.960. The van der Waals surface area contributed by atoms with Crippen LogP contribution in [0.25, 0.3) is 10.2 Å². The average molecular weight is 324 g/mol. The highest BCUT2D eigenvalue weighted by atomic mass is 32.1. The number of hydrogen-bond donors (Lipinski definition) is 0. The van der Waals surface area contributed by atoms with Gasteiger partial charge in [0.1, 0.15) is 17.0 Å². The van der Waals surface area contributed by atoms with E-state index in [9.17, 15) is 0 Å². The summed E-state index contributed by atoms with van der Waals surface area (Å²) in [7, 11) is 0. The highest BCUT2D eigenvalue weighted by molar-refractivity contribution is 7.19. The monoisotopic (exact) mass is 324 g/mol. The Morgan fingerprint density at radius 1 is 1.17 bits per heavy atom. The Morgan fingerprint density at radius 2 is 2.04 bits per heavy atom. The average Bonchev–Trinajstić information content (AvgIpc) is 3.17. The van der Waals surface area contributed by atoms with Gasteiger partial charge in [0.2, 0.25) is 0 Å². The summed E-state index contributed by atoms with van der Waals surface area (Å²) >= 11 is 1.86. The summed E-state index contributed by atoms with van der Waals surface area (Å²) in [5.41, 5.74) is 2.82. The third-order valence-electron chi connectivity index (χ3n) is 4.58. The molecule has 4 nitrogen and oxygen atoms in total. The summed E-state index contributed by atoms with van der Waals surface area (Å²) in [6.45, 7) is 4.13. The van der Waals surface area contributed by atoms with Crippen molar-refractivity contribution in [1.29, 1.82) is 0 Å². The van der Waals surface area contributed by atoms with Gasteiger partial charge in [0.05, 0.1) is 5.39 Å². The van der Waals surface area contributed by atoms with Crippen LogP contribution in [-0.2, 0) is 19.3 Å². The van der Waals surface area contributed by atoms with Crippen LogP contribution in [-0.4, -0.2) is 28.0 Å². The van der Waals surface area contributed by atoms with Gasteiger partial charge in [0.15, 0.2) is 0 Å². The molecule has 0 amide bonds. The van der Waals surface area contributed by atoms with Crippen molar-refractivity contribution in [2.45, 2.75) is 32.6 Å². The molecule has 0 fully saturated rings. The normalized spacial score (nSPS) is 13.4. The van der Waals surface area contributed by atoms with Crippen LogP contribution in [0.4, 0.5) is 5.82 Å². The lowest BCUT2D eigenvalue weighted by atomic mass is 10.1. The first-order valence-electron chi connectivity index (χ1n) is 8.26. The number of fused-ring (bicyclic) bond motifs is 3. The van der Waals surface area contributed by atoms with E-state index in [4.69, 9.17) is 0 Å². The molecule has 1 aliphatic carbocycles. The lowest BCUT2D eigenvalue weighted by Crippen LogP contribution is -2.26. The first-order chi connectivity index (χ1) is 11.4. The molecule has 5 heteroatoms. The number of pyridine rings is 1. The van der Waals surface area contributed by atoms with Crippen LogP contribution in [0.2, 0.25) is 0 Å². The van der Waals surface area contributed by atoms with Gasteiger partial charge in [-0.1, -0.05) is 0 Å². The van der Waals surface area contributed by atoms with Crippen molar-refractivity contribution in [2.75, 3.05) is 18.0 Å². The highest BCUT2D eigenvalue weighted by Gasteiger charge is 2.23. The van der Waals surface area contributed by atoms with Crippen molar-refractivity contribution < 1.29 is 0 Å². The van der Waals surface area contributed by atoms with Gasteiger partial charge < -0.3 is 4.90 Å². The molecule has 118 valence electrons. The number of aromatic nitrogens is 3. The van der Waals surface area contributed by atoms with E-state index in [2.05, 4.69) is 38.9 Å². The number of hydrogen-bond acceptors (Lipinski definition) is 5. The molecule has 0 aromatic carbocycles. The second-order valence-electron chi connectivity index (χ2n) is 5.92. The van der Waals surface area contributed by atoms with Crippen molar-refractivity contribution in [2.24, 2.45) is 0 Å². The molecule has 3 aromatic rings. The van der Waals surface area contributed by atoms with Crippen molar-refractivity contribution in [3.63, 3.8) is 0 Å². The van der Waals surface area contributed by atoms with Crippen LogP contribution in [0.5, 0.6) is 0 Å². The third kappa shape index (κ3) is 2.70. The molecule has 0 saturated heterocycles. The van der Waals surface area contributed by atoms with Gasteiger partial charge in [-0.3, -0.25) is 4.98 Å². The Hall–Kier alpha value is -2.01. The highest BCUT2D eigenvalue weighted by Crippen LogP contribution is 2.40. The lowest BCUT2D eigenvalue weighted by Gasteiger charge is -2.23. The minimum Gasteiger partial charge on any atom is -0.356 e. The molecular formula is C18H20N4S. The maximum atomic E-state index is 4.65. The molecule has 0 spiro atoms. The second kappa shape index (κ2) is 6.24. The van der Waals surface area contributed by atoms with E-state index in [-0.39, 0.29) is 0 Å². The van der Waals surface area contributed by atoms with E-state index in [0.29, 0.717) is 0 Å². The van der Waals surface area contributed by atoms with Gasteiger partial charge >= 0.3 is 0 Å². The molecule has 0 bridgehead atoms. The summed E-state index contributed by atoms with van der Waals surface area (Å²) in [5.74, 6) is 1.12. The Labute approximate surface area is 140 Å². The van der Waals surface area contributed by atoms with Crippen LogP contribution < -0.4 is 4.90 Å². The van der Waals surface area contributed by atoms with Crippen LogP contribution in [0.3, 0.4) is 0 Å². The van der Waals surface area contributed by atoms with Crippen molar-refractivity contribution in [3.8, 4) is 0 Å². The quantitative estimate of drug-likeness (QED) is 0.718. The molecule has 0 saturated carbocycles. The number of anilines is 1. The number of likely N-dealkylation sites (N-methyl/N-ethyl adjacent to an activating group) is 1. The van der Waals surface area contributed by atoms with Gasteiger partial charge in [0.25, 0.3) is 0 Å². The summed E-state index contributed by atoms with van der Waals surface area (Å²) in [5, 5.41) is 1.31. The fourth-order valence-electron chi connectivity index (χ4n) is 3.38. The molecular weight excluding hydrogens is 304 g/mol. The molecule has 0 atom stereocenters. The molecule has 3 aromatic heterocycles. The molecule has 3 heterocycles. The number of thiophene rings is 1. The van der Waals surface area contributed by atoms with Crippen molar-refractivity contribution in [3.05, 3.63) is 46.9 Å². The van der Waals surface area contributed by atoms with Crippen molar-refractivity contribution >= 4 is 27.4 Å². The Balaban J connectivity index is 1.66. The van der Waals surface area contributed by atoms with Gasteiger partial charge in [-0.15, -0.1) is 11.3 Å². The molecule has 0 radical (unpaired) electrons. The van der Waals surface area contributed by atoms with Crippen molar-refractivity contribution in [1.82, 2.24) is 15.0 Å². The summed E-state index contributed by atoms with van der Waals surface area (Å²) in [4.78, 5) is 18.3. The van der Waals surface area contributed by atoms with Crippen LogP contribution in [0.15, 0.2) is 30.9 Å². The predicted molar refractivity (Wildman–Crippen MR) is 95.3 cm³/mol. The first-order valence-corrected chi connectivity index (χ1v) is 9.07. The minimum absolute atomic E-state index is 0.960. The molecule has 1 aliphatic rings. The van der Waals surface area contributed by atoms with Crippen LogP contribution in [0, 0.1) is 0 Å². The number of nitrogens with zero attached hydrogens (tertiary/aromatic N) is 4. The van der Waals surface area contributed by atoms with E-state index >= 15 is 0 Å². The first kappa shape index (κ1) is 14.6. The van der Waals surface area contributed by atoms with Crippen LogP contribution in [0.1, 0.15) is 29.3 Å². The Bertz CT molecular complexity index is 813. The van der Waals surface area contributed by atoms with Gasteiger partial charge in [0, 0.05) is 30.4 Å². The third-order valence-corrected chi connectivity index (χ3v) is 5.78. The van der Waals surface area contributed by atoms with Crippen LogP contribution >= 0.6 is 11.3 Å². The Kier molecular flexibility index (Phi) is 3.95. The number of rotatable bonds is 5. The van der Waals surface area contributed by atoms with Gasteiger partial charge in [-0.25, -0.2) is 9.97 Å². The van der Waals surface area contributed by atoms with E-state index in [1.807, 2.05) is 23.7 Å². The number of aryl methyl sites for hydroxylation is 2. The molecule has 23 heavy (non-hydrogen) atoms. The largest absolute Gasteiger partial charge is 0.356 e. The zero-order valence-electron chi connectivity index (χ0n) is 13.3. The van der Waals surface area contributed by atoms with E-state index < -0.39 is 0 Å². The summed E-state index contributed by atoms with van der Waals surface area (Å²) in [6, 6.07) is 4.18. The second-order valence-corrected chi connectivity index (χ2v) is 7.00. The zero-order chi connectivity index (χ0) is 15.6. The standard InChI is InChI=1S/C18H20N4S/c1-2-22(11-8-13-6-9-19-10-7-13)17-16-14-4-3-5-15(14)23-18(16)21-12-20-17/h6-7,9-10,12H,2-5,8,11H2,1H3. The summed E-state index contributed by atoms with van der Waals surface area (Å²) in [6.07, 6.45) is 10.1. The lowest BCUT2D eigenvalue weighted by molar-refractivity contribution is 0.795. The topological polar surface area (TPSA) is 41.9 Å². The van der Waals surface area contributed by atoms with E-state index in [0.717, 1.165) is 30.2 Å². The molecule has 0 aliphatic heterocycles. The van der Waals surface area contributed by atoms with Gasteiger partial charge in [-0.2, -0.15) is 0 Å². The maximum Gasteiger partial charge on any atom is 0.141 e. The maximum absolute atomic E-state index is 4.65. The van der Waals surface area contributed by atoms with E-state index in [1.54, 1.807) is 6.33 Å². The zero-order valence-corrected chi connectivity index (χ0v) is 14.1.